The van der Waals surface area contributed by atoms with Crippen molar-refractivity contribution in [1.29, 1.82) is 0 Å². The van der Waals surface area contributed by atoms with Gasteiger partial charge in [-0.3, -0.25) is 9.13 Å². The first-order chi connectivity index (χ1) is 6.06. The van der Waals surface area contributed by atoms with Crippen LogP contribution in [0.4, 0.5) is 0 Å². The summed E-state index contributed by atoms with van der Waals surface area (Å²) in [4.78, 5) is 26.3. The summed E-state index contributed by atoms with van der Waals surface area (Å²) < 4.78 is 23.1. The van der Waals surface area contributed by atoms with Gasteiger partial charge in [-0.05, 0) is 6.42 Å². The molecule has 0 saturated heterocycles. The molecule has 14 heavy (non-hydrogen) atoms. The van der Waals surface area contributed by atoms with Gasteiger partial charge < -0.3 is 19.2 Å². The van der Waals surface area contributed by atoms with Crippen LogP contribution in [0.3, 0.4) is 0 Å². The zero-order chi connectivity index (χ0) is 11.6. The van der Waals surface area contributed by atoms with Crippen molar-refractivity contribution in [2.24, 2.45) is 0 Å². The van der Waals surface area contributed by atoms with E-state index in [2.05, 4.69) is 4.52 Å². The predicted molar refractivity (Wildman–Crippen MR) is 52.5 cm³/mol. The van der Waals surface area contributed by atoms with E-state index in [1.807, 2.05) is 0 Å². The lowest BCUT2D eigenvalue weighted by atomic mass is 10.5. The molecule has 0 heterocycles. The monoisotopic (exact) mass is 286 g/mol. The molecule has 0 aromatic rings. The Morgan fingerprint density at radius 2 is 1.71 bits per heavy atom. The molecule has 0 aliphatic rings. The number of hydrogen-bond acceptors (Lipinski definition) is 3. The van der Waals surface area contributed by atoms with E-state index in [0.717, 1.165) is 0 Å². The summed E-state index contributed by atoms with van der Waals surface area (Å²) in [6, 6.07) is 0. The molecule has 0 fully saturated rings. The van der Waals surface area contributed by atoms with Crippen LogP contribution in [0, 0.1) is 0 Å². The third kappa shape index (κ3) is 3.19. The molecule has 0 spiro atoms. The van der Waals surface area contributed by atoms with Crippen LogP contribution in [-0.4, -0.2) is 25.1 Å². The van der Waals surface area contributed by atoms with Gasteiger partial charge in [0.05, 0.1) is 6.61 Å². The van der Waals surface area contributed by atoms with Crippen LogP contribution in [0.1, 0.15) is 13.3 Å². The fraction of sp³-hybridized carbons (Fsp3) is 1.00. The number of rotatable bonds is 5. The van der Waals surface area contributed by atoms with Crippen molar-refractivity contribution in [3.63, 3.8) is 0 Å². The lowest BCUT2D eigenvalue weighted by Gasteiger charge is -2.25. The molecule has 0 rings (SSSR count). The molecule has 0 aliphatic carbocycles. The Balaban J connectivity index is 4.89. The molecule has 1 atom stereocenters. The van der Waals surface area contributed by atoms with Crippen LogP contribution in [0.25, 0.3) is 0 Å². The van der Waals surface area contributed by atoms with Gasteiger partial charge >= 0.3 is 19.0 Å². The minimum Gasteiger partial charge on any atom is -0.322 e. The van der Waals surface area contributed by atoms with Crippen molar-refractivity contribution in [3.05, 3.63) is 0 Å². The highest BCUT2D eigenvalue weighted by Crippen LogP contribution is 2.75. The van der Waals surface area contributed by atoms with Crippen molar-refractivity contribution in [1.82, 2.24) is 0 Å². The normalized spacial score (nSPS) is 17.9. The molecular formula is C4H10Cl2O6P2. The summed E-state index contributed by atoms with van der Waals surface area (Å²) in [7, 11) is -9.90. The molecule has 6 nitrogen and oxygen atoms in total. The fourth-order valence-electron chi connectivity index (χ4n) is 0.457. The summed E-state index contributed by atoms with van der Waals surface area (Å²) >= 11 is 10.2. The Bertz CT molecular complexity index is 286. The van der Waals surface area contributed by atoms with Gasteiger partial charge in [-0.2, -0.15) is 0 Å². The van der Waals surface area contributed by atoms with E-state index in [1.54, 1.807) is 6.92 Å². The molecular weight excluding hydrogens is 277 g/mol. The van der Waals surface area contributed by atoms with E-state index in [-0.39, 0.29) is 6.61 Å². The molecule has 0 aromatic carbocycles. The lowest BCUT2D eigenvalue weighted by Crippen LogP contribution is -2.15. The maximum absolute atomic E-state index is 11.2. The third-order valence-electron chi connectivity index (χ3n) is 1.16. The lowest BCUT2D eigenvalue weighted by molar-refractivity contribution is 0.255. The van der Waals surface area contributed by atoms with E-state index in [4.69, 9.17) is 37.9 Å². The van der Waals surface area contributed by atoms with Crippen LogP contribution in [0.15, 0.2) is 0 Å². The second kappa shape index (κ2) is 4.81. The van der Waals surface area contributed by atoms with E-state index in [1.165, 1.54) is 0 Å². The number of hydrogen-bond donors (Lipinski definition) is 3. The molecule has 10 heteroatoms. The average molecular weight is 287 g/mol. The Hall–Kier alpha value is 0.880. The van der Waals surface area contributed by atoms with Gasteiger partial charge in [-0.1, -0.05) is 30.1 Å². The first-order valence-corrected chi connectivity index (χ1v) is 7.41. The molecule has 0 radical (unpaired) electrons. The SMILES string of the molecule is CCCOP(=O)(O)C(Cl)(Cl)P(=O)(O)O. The summed E-state index contributed by atoms with van der Waals surface area (Å²) in [6.07, 6.45) is 0.384. The first-order valence-electron chi connectivity index (χ1n) is 3.47. The van der Waals surface area contributed by atoms with E-state index in [9.17, 15) is 9.13 Å². The summed E-state index contributed by atoms with van der Waals surface area (Å²) in [5.74, 6) is 0. The molecule has 86 valence electrons. The van der Waals surface area contributed by atoms with Crippen molar-refractivity contribution < 1.29 is 28.3 Å². The fourth-order valence-corrected chi connectivity index (χ4v) is 2.83. The van der Waals surface area contributed by atoms with Gasteiger partial charge in [-0.15, -0.1) is 0 Å². The molecule has 0 saturated carbocycles. The average Bonchev–Trinajstić information content (AvgIpc) is 1.98. The largest absolute Gasteiger partial charge is 0.376 e. The minimum atomic E-state index is -5.14. The summed E-state index contributed by atoms with van der Waals surface area (Å²) in [6.45, 7) is 1.47. The summed E-state index contributed by atoms with van der Waals surface area (Å²) in [5.41, 5.74) is 0. The van der Waals surface area contributed by atoms with E-state index < -0.39 is 19.0 Å². The van der Waals surface area contributed by atoms with Crippen LogP contribution in [-0.2, 0) is 13.7 Å². The van der Waals surface area contributed by atoms with Crippen molar-refractivity contribution in [2.45, 2.75) is 17.2 Å². The quantitative estimate of drug-likeness (QED) is 0.526. The molecule has 0 aliphatic heterocycles. The molecule has 0 aromatic heterocycles. The van der Waals surface area contributed by atoms with Crippen LogP contribution < -0.4 is 0 Å². The zero-order valence-electron chi connectivity index (χ0n) is 7.13. The van der Waals surface area contributed by atoms with Gasteiger partial charge in [0.25, 0.3) is 0 Å². The maximum atomic E-state index is 11.2. The Kier molecular flexibility index (Phi) is 5.11. The number of alkyl halides is 2. The Labute approximate surface area is 90.9 Å². The van der Waals surface area contributed by atoms with Crippen LogP contribution >= 0.6 is 38.4 Å². The third-order valence-corrected chi connectivity index (χ3v) is 7.22. The van der Waals surface area contributed by atoms with Crippen molar-refractivity contribution in [2.75, 3.05) is 6.61 Å². The molecule has 0 bridgehead atoms. The van der Waals surface area contributed by atoms with Crippen molar-refractivity contribution in [3.8, 4) is 0 Å². The van der Waals surface area contributed by atoms with E-state index in [0.29, 0.717) is 6.42 Å². The van der Waals surface area contributed by atoms with E-state index >= 15 is 0 Å². The van der Waals surface area contributed by atoms with Gasteiger partial charge in [0, 0.05) is 0 Å². The Morgan fingerprint density at radius 3 is 2.00 bits per heavy atom. The number of halogens is 2. The molecule has 3 N–H and O–H groups in total. The minimum absolute atomic E-state index is 0.172. The molecule has 1 unspecified atom stereocenters. The zero-order valence-corrected chi connectivity index (χ0v) is 10.4. The van der Waals surface area contributed by atoms with Gasteiger partial charge in [0.1, 0.15) is 0 Å². The van der Waals surface area contributed by atoms with Crippen LogP contribution in [0.2, 0.25) is 0 Å². The molecule has 0 amide bonds. The highest BCUT2D eigenvalue weighted by Gasteiger charge is 2.59. The predicted octanol–water partition coefficient (Wildman–Crippen LogP) is 1.87. The topological polar surface area (TPSA) is 104 Å². The van der Waals surface area contributed by atoms with Gasteiger partial charge in [0.15, 0.2) is 0 Å². The van der Waals surface area contributed by atoms with Crippen molar-refractivity contribution >= 4 is 38.4 Å². The van der Waals surface area contributed by atoms with Crippen LogP contribution in [0.5, 0.6) is 0 Å². The first kappa shape index (κ1) is 14.9. The van der Waals surface area contributed by atoms with Gasteiger partial charge in [-0.25, -0.2) is 0 Å². The second-order valence-electron chi connectivity index (χ2n) is 2.41. The maximum Gasteiger partial charge on any atom is 0.376 e. The smallest absolute Gasteiger partial charge is 0.322 e. The van der Waals surface area contributed by atoms with Gasteiger partial charge in [0.2, 0.25) is 0 Å². The highest BCUT2D eigenvalue weighted by atomic mass is 35.5. The standard InChI is InChI=1S/C4H10Cl2O6P2/c1-2-3-12-14(10,11)4(5,6)13(7,8)9/h2-3H2,1H3,(H,10,11)(H2,7,8,9). The summed E-state index contributed by atoms with van der Waals surface area (Å²) in [5, 5.41) is 0. The second-order valence-corrected chi connectivity index (χ2v) is 8.87. The Morgan fingerprint density at radius 1 is 1.29 bits per heavy atom. The highest BCUT2D eigenvalue weighted by molar-refractivity contribution is 7.78.